The van der Waals surface area contributed by atoms with Crippen molar-refractivity contribution in [2.75, 3.05) is 0 Å². The Hall–Kier alpha value is -2.67. The molecule has 0 fully saturated rings. The van der Waals surface area contributed by atoms with Crippen molar-refractivity contribution in [3.05, 3.63) is 92.5 Å². The zero-order valence-electron chi connectivity index (χ0n) is 17.4. The number of carbonyl (C=O) groups excluding carboxylic acids is 1. The van der Waals surface area contributed by atoms with E-state index in [2.05, 4.69) is 71.9 Å². The Labute approximate surface area is 163 Å². The third-order valence-electron chi connectivity index (χ3n) is 5.64. The predicted molar refractivity (Wildman–Crippen MR) is 115 cm³/mol. The summed E-state index contributed by atoms with van der Waals surface area (Å²) in [5, 5.41) is 0. The van der Waals surface area contributed by atoms with Crippen LogP contribution in [0.3, 0.4) is 0 Å². The number of ketones is 1. The molecule has 0 saturated carbocycles. The lowest BCUT2D eigenvalue weighted by atomic mass is 9.86. The lowest BCUT2D eigenvalue weighted by Crippen LogP contribution is -2.08. The monoisotopic (exact) mass is 356 g/mol. The molecule has 0 atom stereocenters. The molecule has 0 aliphatic rings. The maximum Gasteiger partial charge on any atom is 0.193 e. The predicted octanol–water partition coefficient (Wildman–Crippen LogP) is 6.74. The first-order valence-electron chi connectivity index (χ1n) is 9.50. The van der Waals surface area contributed by atoms with E-state index in [-0.39, 0.29) is 5.78 Å². The van der Waals surface area contributed by atoms with Crippen LogP contribution in [0.2, 0.25) is 0 Å². The van der Waals surface area contributed by atoms with E-state index < -0.39 is 0 Å². The molecule has 138 valence electrons. The zero-order chi connectivity index (χ0) is 19.9. The minimum atomic E-state index is 0.100. The van der Waals surface area contributed by atoms with Crippen molar-refractivity contribution in [2.45, 2.75) is 48.5 Å². The largest absolute Gasteiger partial charge is 0.289 e. The van der Waals surface area contributed by atoms with E-state index in [1.165, 1.54) is 27.8 Å². The fraction of sp³-hybridized carbons (Fsp3) is 0.269. The van der Waals surface area contributed by atoms with E-state index in [0.717, 1.165) is 33.4 Å². The van der Waals surface area contributed by atoms with Crippen molar-refractivity contribution in [1.82, 2.24) is 0 Å². The summed E-state index contributed by atoms with van der Waals surface area (Å²) in [6.45, 7) is 14.6. The number of carbonyl (C=O) groups is 1. The molecule has 1 nitrogen and oxygen atoms in total. The molecule has 0 N–H and O–H groups in total. The molecule has 0 aromatic heterocycles. The Morgan fingerprint density at radius 3 is 1.70 bits per heavy atom. The van der Waals surface area contributed by atoms with Crippen LogP contribution in [0.1, 0.15) is 54.9 Å². The molecule has 0 bridgehead atoms. The molecule has 0 spiro atoms. The zero-order valence-corrected chi connectivity index (χ0v) is 17.4. The van der Waals surface area contributed by atoms with Gasteiger partial charge in [-0.15, -0.1) is 0 Å². The van der Waals surface area contributed by atoms with Crippen LogP contribution < -0.4 is 0 Å². The Morgan fingerprint density at radius 2 is 1.07 bits per heavy atom. The summed E-state index contributed by atoms with van der Waals surface area (Å²) in [5.74, 6) is 0.100. The summed E-state index contributed by atoms with van der Waals surface area (Å²) < 4.78 is 0. The average Bonchev–Trinajstić information content (AvgIpc) is 2.60. The summed E-state index contributed by atoms with van der Waals surface area (Å²) in [4.78, 5) is 13.5. The maximum atomic E-state index is 13.5. The second-order valence-electron chi connectivity index (χ2n) is 7.88. The Bertz CT molecular complexity index is 1050. The third-order valence-corrected chi connectivity index (χ3v) is 5.64. The molecule has 0 aliphatic heterocycles. The van der Waals surface area contributed by atoms with E-state index in [1.807, 2.05) is 19.1 Å². The van der Waals surface area contributed by atoms with E-state index in [4.69, 9.17) is 0 Å². The standard InChI is InChI=1S/C26H28O/c1-15-8-9-22(20(6)10-15)26(27)25-14-19(5)18(4)13-24(25)23-12-17(3)16(2)11-21(23)7/h8-14H,1-7H3. The number of rotatable bonds is 3. The molecule has 3 aromatic carbocycles. The fourth-order valence-electron chi connectivity index (χ4n) is 3.69. The van der Waals surface area contributed by atoms with Gasteiger partial charge in [0.1, 0.15) is 0 Å². The second-order valence-corrected chi connectivity index (χ2v) is 7.88. The van der Waals surface area contributed by atoms with Gasteiger partial charge in [0.15, 0.2) is 5.78 Å². The van der Waals surface area contributed by atoms with Gasteiger partial charge >= 0.3 is 0 Å². The van der Waals surface area contributed by atoms with Gasteiger partial charge in [-0.2, -0.15) is 0 Å². The smallest absolute Gasteiger partial charge is 0.193 e. The van der Waals surface area contributed by atoms with Crippen molar-refractivity contribution in [3.8, 4) is 11.1 Å². The van der Waals surface area contributed by atoms with Crippen molar-refractivity contribution < 1.29 is 4.79 Å². The molecule has 1 heteroatoms. The molecule has 3 aromatic rings. The van der Waals surface area contributed by atoms with Gasteiger partial charge < -0.3 is 0 Å². The summed E-state index contributed by atoms with van der Waals surface area (Å²) in [6, 6.07) is 14.7. The van der Waals surface area contributed by atoms with Gasteiger partial charge in [-0.3, -0.25) is 4.79 Å². The number of aryl methyl sites for hydroxylation is 7. The second kappa shape index (κ2) is 7.15. The van der Waals surface area contributed by atoms with Gasteiger partial charge in [-0.1, -0.05) is 42.0 Å². The quantitative estimate of drug-likeness (QED) is 0.475. The molecule has 0 heterocycles. The molecule has 0 radical (unpaired) electrons. The highest BCUT2D eigenvalue weighted by atomic mass is 16.1. The SMILES string of the molecule is Cc1ccc(C(=O)c2cc(C)c(C)cc2-c2cc(C)c(C)cc2C)c(C)c1. The maximum absolute atomic E-state index is 13.5. The first kappa shape index (κ1) is 19.1. The van der Waals surface area contributed by atoms with E-state index in [1.54, 1.807) is 0 Å². The van der Waals surface area contributed by atoms with E-state index >= 15 is 0 Å². The Morgan fingerprint density at radius 1 is 0.519 bits per heavy atom. The number of benzene rings is 3. The van der Waals surface area contributed by atoms with Gasteiger partial charge in [-0.05, 0) is 99.0 Å². The van der Waals surface area contributed by atoms with Crippen molar-refractivity contribution in [1.29, 1.82) is 0 Å². The van der Waals surface area contributed by atoms with Crippen LogP contribution in [0.15, 0.2) is 42.5 Å². The molecule has 27 heavy (non-hydrogen) atoms. The normalized spacial score (nSPS) is 10.9. The van der Waals surface area contributed by atoms with Crippen LogP contribution in [0.25, 0.3) is 11.1 Å². The minimum absolute atomic E-state index is 0.100. The fourth-order valence-corrected chi connectivity index (χ4v) is 3.69. The molecule has 3 rings (SSSR count). The van der Waals surface area contributed by atoms with Crippen LogP contribution in [0, 0.1) is 48.5 Å². The average molecular weight is 357 g/mol. The molecule has 0 aliphatic carbocycles. The number of hydrogen-bond acceptors (Lipinski definition) is 1. The summed E-state index contributed by atoms with van der Waals surface area (Å²) >= 11 is 0. The van der Waals surface area contributed by atoms with Crippen LogP contribution in [-0.4, -0.2) is 5.78 Å². The highest BCUT2D eigenvalue weighted by molar-refractivity contribution is 6.14. The first-order chi connectivity index (χ1) is 12.7. The molecule has 0 amide bonds. The van der Waals surface area contributed by atoms with Crippen molar-refractivity contribution in [2.24, 2.45) is 0 Å². The third kappa shape index (κ3) is 3.60. The first-order valence-corrected chi connectivity index (χ1v) is 9.50. The highest BCUT2D eigenvalue weighted by Crippen LogP contribution is 2.33. The van der Waals surface area contributed by atoms with Gasteiger partial charge in [0, 0.05) is 11.1 Å². The van der Waals surface area contributed by atoms with E-state index in [0.29, 0.717) is 0 Å². The van der Waals surface area contributed by atoms with E-state index in [9.17, 15) is 4.79 Å². The van der Waals surface area contributed by atoms with Crippen LogP contribution in [0.4, 0.5) is 0 Å². The van der Waals surface area contributed by atoms with Crippen LogP contribution in [0.5, 0.6) is 0 Å². The van der Waals surface area contributed by atoms with Gasteiger partial charge in [0.2, 0.25) is 0 Å². The summed E-state index contributed by atoms with van der Waals surface area (Å²) in [6.07, 6.45) is 0. The van der Waals surface area contributed by atoms with Crippen molar-refractivity contribution >= 4 is 5.78 Å². The topological polar surface area (TPSA) is 17.1 Å². The van der Waals surface area contributed by atoms with Gasteiger partial charge in [0.05, 0.1) is 0 Å². The molecule has 0 saturated heterocycles. The lowest BCUT2D eigenvalue weighted by Gasteiger charge is -2.17. The summed E-state index contributed by atoms with van der Waals surface area (Å²) in [7, 11) is 0. The Kier molecular flexibility index (Phi) is 5.06. The molecule has 0 unspecified atom stereocenters. The van der Waals surface area contributed by atoms with Gasteiger partial charge in [0.25, 0.3) is 0 Å². The minimum Gasteiger partial charge on any atom is -0.289 e. The van der Waals surface area contributed by atoms with Crippen LogP contribution in [-0.2, 0) is 0 Å². The lowest BCUT2D eigenvalue weighted by molar-refractivity contribution is 0.103. The van der Waals surface area contributed by atoms with Gasteiger partial charge in [-0.25, -0.2) is 0 Å². The van der Waals surface area contributed by atoms with Crippen LogP contribution >= 0.6 is 0 Å². The summed E-state index contributed by atoms with van der Waals surface area (Å²) in [5.41, 5.74) is 12.0. The highest BCUT2D eigenvalue weighted by Gasteiger charge is 2.19. The molecular weight excluding hydrogens is 328 g/mol. The van der Waals surface area contributed by atoms with Crippen molar-refractivity contribution in [3.63, 3.8) is 0 Å². The Balaban J connectivity index is 2.26. The molecular formula is C26H28O. The number of hydrogen-bond donors (Lipinski definition) is 0.